The molecule has 4 heteroatoms. The van der Waals surface area contributed by atoms with E-state index in [4.69, 9.17) is 14.7 Å². The number of halogens is 1. The van der Waals surface area contributed by atoms with E-state index in [0.29, 0.717) is 13.0 Å². The number of rotatable bonds is 2. The first-order valence-electron chi connectivity index (χ1n) is 4.69. The summed E-state index contributed by atoms with van der Waals surface area (Å²) in [5.41, 5.74) is 0.970. The van der Waals surface area contributed by atoms with E-state index in [2.05, 4.69) is 22.0 Å². The lowest BCUT2D eigenvalue weighted by atomic mass is 10.2. The Morgan fingerprint density at radius 3 is 3.00 bits per heavy atom. The first-order valence-corrected chi connectivity index (χ1v) is 5.49. The van der Waals surface area contributed by atoms with E-state index in [-0.39, 0.29) is 12.4 Å². The van der Waals surface area contributed by atoms with Crippen LogP contribution in [0.5, 0.6) is 0 Å². The average molecular weight is 268 g/mol. The third-order valence-corrected chi connectivity index (χ3v) is 2.95. The molecular weight excluding hydrogens is 258 g/mol. The van der Waals surface area contributed by atoms with E-state index in [1.165, 1.54) is 0 Å². The van der Waals surface area contributed by atoms with Crippen LogP contribution in [0.25, 0.3) is 0 Å². The molecule has 1 heterocycles. The van der Waals surface area contributed by atoms with Crippen molar-refractivity contribution >= 4 is 15.9 Å². The molecule has 3 nitrogen and oxygen atoms in total. The van der Waals surface area contributed by atoms with Crippen molar-refractivity contribution in [2.24, 2.45) is 0 Å². The second-order valence-electron chi connectivity index (χ2n) is 3.31. The predicted octanol–water partition coefficient (Wildman–Crippen LogP) is 2.78. The number of benzene rings is 1. The fraction of sp³-hybridized carbons (Fsp3) is 0.364. The predicted molar refractivity (Wildman–Crippen MR) is 57.9 cm³/mol. The van der Waals surface area contributed by atoms with Gasteiger partial charge in [-0.05, 0) is 6.07 Å². The Hall–Kier alpha value is -0.890. The summed E-state index contributed by atoms with van der Waals surface area (Å²) >= 11 is 3.44. The van der Waals surface area contributed by atoms with Crippen LogP contribution >= 0.6 is 15.9 Å². The van der Waals surface area contributed by atoms with Gasteiger partial charge in [-0.25, -0.2) is 0 Å². The molecular formula is C11H10BrNO2. The van der Waals surface area contributed by atoms with Crippen molar-refractivity contribution in [1.82, 2.24) is 0 Å². The molecule has 0 aromatic heterocycles. The lowest BCUT2D eigenvalue weighted by Gasteiger charge is -2.11. The van der Waals surface area contributed by atoms with Gasteiger partial charge >= 0.3 is 0 Å². The van der Waals surface area contributed by atoms with Gasteiger partial charge in [-0.2, -0.15) is 5.26 Å². The highest BCUT2D eigenvalue weighted by molar-refractivity contribution is 9.10. The second-order valence-corrected chi connectivity index (χ2v) is 4.16. The number of hydrogen-bond acceptors (Lipinski definition) is 3. The maximum atomic E-state index is 8.54. The minimum Gasteiger partial charge on any atom is -0.346 e. The summed E-state index contributed by atoms with van der Waals surface area (Å²) in [7, 11) is 0. The molecule has 0 radical (unpaired) electrons. The zero-order valence-corrected chi connectivity index (χ0v) is 9.61. The van der Waals surface area contributed by atoms with Gasteiger partial charge in [-0.1, -0.05) is 34.1 Å². The van der Waals surface area contributed by atoms with Crippen molar-refractivity contribution in [3.8, 4) is 6.07 Å². The van der Waals surface area contributed by atoms with Crippen molar-refractivity contribution in [3.63, 3.8) is 0 Å². The summed E-state index contributed by atoms with van der Waals surface area (Å²) in [4.78, 5) is 0. The van der Waals surface area contributed by atoms with E-state index in [1.807, 2.05) is 24.3 Å². The fourth-order valence-electron chi connectivity index (χ4n) is 1.49. The van der Waals surface area contributed by atoms with E-state index in [0.717, 1.165) is 10.0 Å². The summed E-state index contributed by atoms with van der Waals surface area (Å²) in [6, 6.07) is 9.85. The molecule has 15 heavy (non-hydrogen) atoms. The minimum absolute atomic E-state index is 0.105. The molecule has 1 saturated heterocycles. The first-order chi connectivity index (χ1) is 7.31. The van der Waals surface area contributed by atoms with Crippen molar-refractivity contribution in [2.45, 2.75) is 18.8 Å². The molecule has 0 saturated carbocycles. The first kappa shape index (κ1) is 10.6. The van der Waals surface area contributed by atoms with E-state index < -0.39 is 0 Å². The van der Waals surface area contributed by atoms with Gasteiger partial charge in [0.15, 0.2) is 6.29 Å². The normalized spacial score (nSPS) is 25.1. The van der Waals surface area contributed by atoms with Crippen LogP contribution in [0.15, 0.2) is 28.7 Å². The Morgan fingerprint density at radius 1 is 1.47 bits per heavy atom. The minimum atomic E-state index is -0.348. The molecule has 0 amide bonds. The Labute approximate surface area is 96.7 Å². The Bertz CT molecular complexity index is 388. The average Bonchev–Trinajstić information content (AvgIpc) is 2.68. The van der Waals surface area contributed by atoms with Gasteiger partial charge in [0.2, 0.25) is 0 Å². The van der Waals surface area contributed by atoms with Crippen LogP contribution in [-0.2, 0) is 9.47 Å². The van der Waals surface area contributed by atoms with Crippen LogP contribution in [0.1, 0.15) is 18.3 Å². The van der Waals surface area contributed by atoms with Gasteiger partial charge < -0.3 is 9.47 Å². The molecule has 78 valence electrons. The Balaban J connectivity index is 2.08. The quantitative estimate of drug-likeness (QED) is 0.828. The topological polar surface area (TPSA) is 42.2 Å². The molecule has 2 unspecified atom stereocenters. The zero-order chi connectivity index (χ0) is 10.7. The van der Waals surface area contributed by atoms with Crippen LogP contribution in [0.2, 0.25) is 0 Å². The number of ether oxygens (including phenoxy) is 2. The lowest BCUT2D eigenvalue weighted by Crippen LogP contribution is -2.08. The van der Waals surface area contributed by atoms with Gasteiger partial charge in [0.05, 0.1) is 25.2 Å². The van der Waals surface area contributed by atoms with Gasteiger partial charge in [0.25, 0.3) is 0 Å². The fourth-order valence-corrected chi connectivity index (χ4v) is 1.96. The molecule has 0 bridgehead atoms. The van der Waals surface area contributed by atoms with E-state index >= 15 is 0 Å². The Kier molecular flexibility index (Phi) is 3.37. The summed E-state index contributed by atoms with van der Waals surface area (Å²) in [5, 5.41) is 8.54. The van der Waals surface area contributed by atoms with Crippen molar-refractivity contribution in [2.75, 3.05) is 6.61 Å². The molecule has 1 aliphatic rings. The maximum absolute atomic E-state index is 8.54. The number of nitriles is 1. The summed E-state index contributed by atoms with van der Waals surface area (Å²) in [5.74, 6) is 0. The maximum Gasteiger partial charge on any atom is 0.185 e. The SMILES string of the molecule is N#CCC1COC(c2ccccc2Br)O1. The molecule has 1 aromatic rings. The van der Waals surface area contributed by atoms with Crippen LogP contribution in [-0.4, -0.2) is 12.7 Å². The van der Waals surface area contributed by atoms with E-state index in [9.17, 15) is 0 Å². The zero-order valence-electron chi connectivity index (χ0n) is 8.02. The van der Waals surface area contributed by atoms with Crippen LogP contribution in [0.3, 0.4) is 0 Å². The summed E-state index contributed by atoms with van der Waals surface area (Å²) in [6.07, 6.45) is -0.0768. The largest absolute Gasteiger partial charge is 0.346 e. The number of hydrogen-bond donors (Lipinski definition) is 0. The van der Waals surface area contributed by atoms with E-state index in [1.54, 1.807) is 0 Å². The van der Waals surface area contributed by atoms with Crippen molar-refractivity contribution < 1.29 is 9.47 Å². The molecule has 1 aromatic carbocycles. The molecule has 0 spiro atoms. The highest BCUT2D eigenvalue weighted by Crippen LogP contribution is 2.32. The van der Waals surface area contributed by atoms with Gasteiger partial charge in [0, 0.05) is 10.0 Å². The van der Waals surface area contributed by atoms with Crippen molar-refractivity contribution in [3.05, 3.63) is 34.3 Å². The third-order valence-electron chi connectivity index (χ3n) is 2.23. The summed E-state index contributed by atoms with van der Waals surface area (Å²) in [6.45, 7) is 0.486. The highest BCUT2D eigenvalue weighted by Gasteiger charge is 2.28. The van der Waals surface area contributed by atoms with Gasteiger partial charge in [-0.15, -0.1) is 0 Å². The van der Waals surface area contributed by atoms with Crippen LogP contribution < -0.4 is 0 Å². The van der Waals surface area contributed by atoms with Gasteiger partial charge in [0.1, 0.15) is 0 Å². The Morgan fingerprint density at radius 2 is 2.27 bits per heavy atom. The molecule has 2 atom stereocenters. The summed E-state index contributed by atoms with van der Waals surface area (Å²) < 4.78 is 12.0. The van der Waals surface area contributed by atoms with Gasteiger partial charge in [-0.3, -0.25) is 0 Å². The van der Waals surface area contributed by atoms with Crippen LogP contribution in [0, 0.1) is 11.3 Å². The molecule has 0 N–H and O–H groups in total. The van der Waals surface area contributed by atoms with Crippen LogP contribution in [0.4, 0.5) is 0 Å². The molecule has 1 fully saturated rings. The molecule has 1 aliphatic heterocycles. The monoisotopic (exact) mass is 267 g/mol. The lowest BCUT2D eigenvalue weighted by molar-refractivity contribution is -0.0597. The van der Waals surface area contributed by atoms with Crippen molar-refractivity contribution in [1.29, 1.82) is 5.26 Å². The second kappa shape index (κ2) is 4.75. The highest BCUT2D eigenvalue weighted by atomic mass is 79.9. The third kappa shape index (κ3) is 2.37. The standard InChI is InChI=1S/C11H10BrNO2/c12-10-4-2-1-3-9(10)11-14-7-8(15-11)5-6-13/h1-4,8,11H,5,7H2. The number of nitrogens with zero attached hydrogens (tertiary/aromatic N) is 1. The molecule has 2 rings (SSSR count). The smallest absolute Gasteiger partial charge is 0.185 e. The molecule has 0 aliphatic carbocycles.